The van der Waals surface area contributed by atoms with E-state index in [1.54, 1.807) is 24.4 Å². The Hall–Kier alpha value is -2.08. The van der Waals surface area contributed by atoms with Crippen molar-refractivity contribution in [3.63, 3.8) is 0 Å². The second-order valence-corrected chi connectivity index (χ2v) is 5.02. The molecule has 0 bridgehead atoms. The second kappa shape index (κ2) is 6.58. The van der Waals surface area contributed by atoms with Crippen molar-refractivity contribution in [2.45, 2.75) is 0 Å². The van der Waals surface area contributed by atoms with E-state index in [1.165, 1.54) is 27.5 Å². The Kier molecular flexibility index (Phi) is 4.80. The molecule has 0 radical (unpaired) electrons. The summed E-state index contributed by atoms with van der Waals surface area (Å²) < 4.78 is 16.5. The third kappa shape index (κ3) is 3.00. The van der Waals surface area contributed by atoms with Gasteiger partial charge in [-0.3, -0.25) is 9.78 Å². The Labute approximate surface area is 131 Å². The lowest BCUT2D eigenvalue weighted by Gasteiger charge is -2.15. The smallest absolute Gasteiger partial charge is 0.204 e. The van der Waals surface area contributed by atoms with Crippen molar-refractivity contribution in [1.29, 1.82) is 0 Å². The first-order valence-corrected chi connectivity index (χ1v) is 6.86. The molecule has 0 aliphatic heterocycles. The van der Waals surface area contributed by atoms with E-state index in [2.05, 4.69) is 20.9 Å². The predicted molar refractivity (Wildman–Crippen MR) is 81.5 cm³/mol. The molecule has 5 nitrogen and oxygen atoms in total. The van der Waals surface area contributed by atoms with Crippen LogP contribution in [0.15, 0.2) is 35.1 Å². The first-order chi connectivity index (χ1) is 10.1. The van der Waals surface area contributed by atoms with E-state index in [0.29, 0.717) is 28.4 Å². The maximum atomic E-state index is 12.6. The molecule has 0 N–H and O–H groups in total. The predicted octanol–water partition coefficient (Wildman–Crippen LogP) is 3.10. The number of pyridine rings is 1. The summed E-state index contributed by atoms with van der Waals surface area (Å²) in [5, 5.41) is 0. The monoisotopic (exact) mass is 351 g/mol. The van der Waals surface area contributed by atoms with Crippen LogP contribution in [0.25, 0.3) is 0 Å². The van der Waals surface area contributed by atoms with Crippen LogP contribution < -0.4 is 14.2 Å². The lowest BCUT2D eigenvalue weighted by molar-refractivity contribution is 0.103. The second-order valence-electron chi connectivity index (χ2n) is 4.10. The van der Waals surface area contributed by atoms with Crippen molar-refractivity contribution in [2.75, 3.05) is 21.3 Å². The number of hydrogen-bond donors (Lipinski definition) is 0. The highest BCUT2D eigenvalue weighted by Crippen LogP contribution is 2.40. The highest BCUT2D eigenvalue weighted by atomic mass is 79.9. The van der Waals surface area contributed by atoms with E-state index in [1.807, 2.05) is 0 Å². The van der Waals surface area contributed by atoms with Gasteiger partial charge < -0.3 is 14.2 Å². The summed E-state index contributed by atoms with van der Waals surface area (Å²) >= 11 is 3.30. The number of rotatable bonds is 5. The molecular weight excluding hydrogens is 338 g/mol. The van der Waals surface area contributed by atoms with Crippen molar-refractivity contribution in [2.24, 2.45) is 0 Å². The van der Waals surface area contributed by atoms with Crippen LogP contribution in [0.2, 0.25) is 0 Å². The normalized spacial score (nSPS) is 10.1. The van der Waals surface area contributed by atoms with E-state index in [4.69, 9.17) is 14.2 Å². The Morgan fingerprint density at radius 2 is 1.76 bits per heavy atom. The number of aromatic nitrogens is 1. The van der Waals surface area contributed by atoms with Crippen molar-refractivity contribution < 1.29 is 19.0 Å². The van der Waals surface area contributed by atoms with Crippen molar-refractivity contribution in [3.05, 3.63) is 46.2 Å². The number of ether oxygens (including phenoxy) is 3. The molecule has 2 rings (SSSR count). The van der Waals surface area contributed by atoms with Gasteiger partial charge >= 0.3 is 0 Å². The molecule has 1 aromatic heterocycles. The van der Waals surface area contributed by atoms with Gasteiger partial charge in [0.1, 0.15) is 0 Å². The molecule has 0 amide bonds. The average Bonchev–Trinajstić information content (AvgIpc) is 2.52. The summed E-state index contributed by atoms with van der Waals surface area (Å²) in [5.74, 6) is 1.01. The molecule has 2 aromatic rings. The quantitative estimate of drug-likeness (QED) is 0.774. The standard InChI is InChI=1S/C15H14BrNO4/c1-19-12-5-4-11(14(20-2)15(12)21-3)13(18)9-6-10(16)8-17-7-9/h4-8H,1-3H3. The zero-order valence-corrected chi connectivity index (χ0v) is 13.4. The lowest BCUT2D eigenvalue weighted by Crippen LogP contribution is -2.06. The van der Waals surface area contributed by atoms with Crippen LogP contribution in [0.3, 0.4) is 0 Å². The topological polar surface area (TPSA) is 57.7 Å². The summed E-state index contributed by atoms with van der Waals surface area (Å²) in [7, 11) is 4.50. The van der Waals surface area contributed by atoms with E-state index >= 15 is 0 Å². The first kappa shape index (κ1) is 15.3. The number of ketones is 1. The van der Waals surface area contributed by atoms with Gasteiger partial charge in [0, 0.05) is 22.4 Å². The van der Waals surface area contributed by atoms with Gasteiger partial charge in [-0.15, -0.1) is 0 Å². The van der Waals surface area contributed by atoms with Crippen LogP contribution in [0.4, 0.5) is 0 Å². The van der Waals surface area contributed by atoms with Crippen LogP contribution in [0, 0.1) is 0 Å². The van der Waals surface area contributed by atoms with Gasteiger partial charge in [-0.05, 0) is 34.1 Å². The summed E-state index contributed by atoms with van der Waals surface area (Å²) in [6.07, 6.45) is 3.12. The maximum Gasteiger partial charge on any atom is 0.204 e. The van der Waals surface area contributed by atoms with Crippen LogP contribution in [0.5, 0.6) is 17.2 Å². The van der Waals surface area contributed by atoms with Crippen LogP contribution in [-0.4, -0.2) is 32.1 Å². The minimum atomic E-state index is -0.207. The zero-order valence-electron chi connectivity index (χ0n) is 11.8. The molecule has 1 aromatic carbocycles. The number of nitrogens with zero attached hydrogens (tertiary/aromatic N) is 1. The van der Waals surface area contributed by atoms with E-state index in [9.17, 15) is 4.79 Å². The fourth-order valence-corrected chi connectivity index (χ4v) is 2.34. The lowest BCUT2D eigenvalue weighted by atomic mass is 10.0. The van der Waals surface area contributed by atoms with Crippen molar-refractivity contribution in [1.82, 2.24) is 4.98 Å². The number of carbonyl (C=O) groups excluding carboxylic acids is 1. The third-order valence-electron chi connectivity index (χ3n) is 2.92. The molecule has 0 saturated carbocycles. The Morgan fingerprint density at radius 1 is 1.05 bits per heavy atom. The van der Waals surface area contributed by atoms with Gasteiger partial charge in [-0.1, -0.05) is 0 Å². The third-order valence-corrected chi connectivity index (χ3v) is 3.35. The summed E-state index contributed by atoms with van der Waals surface area (Å²) in [4.78, 5) is 16.6. The molecule has 0 aliphatic carbocycles. The maximum absolute atomic E-state index is 12.6. The molecule has 0 spiro atoms. The SMILES string of the molecule is COc1ccc(C(=O)c2cncc(Br)c2)c(OC)c1OC. The van der Waals surface area contributed by atoms with Gasteiger partial charge in [0.25, 0.3) is 0 Å². The summed E-state index contributed by atoms with van der Waals surface area (Å²) in [5.41, 5.74) is 0.838. The molecule has 0 aliphatic rings. The van der Waals surface area contributed by atoms with Gasteiger partial charge in [0.2, 0.25) is 5.75 Å². The minimum absolute atomic E-state index is 0.207. The van der Waals surface area contributed by atoms with Crippen LogP contribution in [-0.2, 0) is 0 Å². The number of benzene rings is 1. The molecular formula is C15H14BrNO4. The average molecular weight is 352 g/mol. The first-order valence-electron chi connectivity index (χ1n) is 6.06. The highest BCUT2D eigenvalue weighted by molar-refractivity contribution is 9.10. The van der Waals surface area contributed by atoms with Gasteiger partial charge in [-0.2, -0.15) is 0 Å². The van der Waals surface area contributed by atoms with Gasteiger partial charge in [-0.25, -0.2) is 0 Å². The van der Waals surface area contributed by atoms with Crippen LogP contribution in [0.1, 0.15) is 15.9 Å². The van der Waals surface area contributed by atoms with E-state index < -0.39 is 0 Å². The largest absolute Gasteiger partial charge is 0.493 e. The van der Waals surface area contributed by atoms with Crippen molar-refractivity contribution in [3.8, 4) is 17.2 Å². The molecule has 110 valence electrons. The molecule has 0 atom stereocenters. The summed E-state index contributed by atoms with van der Waals surface area (Å²) in [6.45, 7) is 0. The van der Waals surface area contributed by atoms with Gasteiger partial charge in [0.05, 0.1) is 26.9 Å². The number of hydrogen-bond acceptors (Lipinski definition) is 5. The fraction of sp³-hybridized carbons (Fsp3) is 0.200. The number of methoxy groups -OCH3 is 3. The molecule has 0 unspecified atom stereocenters. The zero-order chi connectivity index (χ0) is 15.4. The molecule has 0 saturated heterocycles. The highest BCUT2D eigenvalue weighted by Gasteiger charge is 2.21. The Bertz CT molecular complexity index is 673. The number of carbonyl (C=O) groups is 1. The Balaban J connectivity index is 2.56. The fourth-order valence-electron chi connectivity index (χ4n) is 1.97. The minimum Gasteiger partial charge on any atom is -0.493 e. The molecule has 1 heterocycles. The van der Waals surface area contributed by atoms with E-state index in [-0.39, 0.29) is 5.78 Å². The molecule has 21 heavy (non-hydrogen) atoms. The van der Waals surface area contributed by atoms with Crippen molar-refractivity contribution >= 4 is 21.7 Å². The molecule has 0 fully saturated rings. The van der Waals surface area contributed by atoms with E-state index in [0.717, 1.165) is 4.47 Å². The number of halogens is 1. The Morgan fingerprint density at radius 3 is 2.33 bits per heavy atom. The summed E-state index contributed by atoms with van der Waals surface area (Å²) in [6, 6.07) is 5.01. The van der Waals surface area contributed by atoms with Gasteiger partial charge in [0.15, 0.2) is 17.3 Å². The van der Waals surface area contributed by atoms with Crippen LogP contribution >= 0.6 is 15.9 Å². The molecule has 6 heteroatoms.